The lowest BCUT2D eigenvalue weighted by molar-refractivity contribution is -0.139. The highest BCUT2D eigenvalue weighted by atomic mass is 127. The van der Waals surface area contributed by atoms with Crippen molar-refractivity contribution in [3.05, 3.63) is 111 Å². The molecule has 5 rings (SSSR count). The van der Waals surface area contributed by atoms with Crippen molar-refractivity contribution in [1.29, 1.82) is 0 Å². The lowest BCUT2D eigenvalue weighted by Crippen LogP contribution is -2.40. The molecule has 4 aromatic rings. The van der Waals surface area contributed by atoms with Crippen molar-refractivity contribution in [2.24, 2.45) is 4.99 Å². The molecular weight excluding hydrogens is 787 g/mol. The summed E-state index contributed by atoms with van der Waals surface area (Å²) in [6.07, 6.45) is 1.69. The second-order valence-electron chi connectivity index (χ2n) is 11.6. The van der Waals surface area contributed by atoms with Gasteiger partial charge in [0.05, 0.1) is 64.5 Å². The quantitative estimate of drug-likeness (QED) is 0.119. The third-order valence-electron chi connectivity index (χ3n) is 7.78. The van der Waals surface area contributed by atoms with Crippen LogP contribution in [-0.4, -0.2) is 50.0 Å². The van der Waals surface area contributed by atoms with Crippen molar-refractivity contribution >= 4 is 51.9 Å². The van der Waals surface area contributed by atoms with Crippen molar-refractivity contribution in [2.45, 2.75) is 53.4 Å². The Balaban J connectivity index is 1.52. The predicted molar refractivity (Wildman–Crippen MR) is 202 cm³/mol. The minimum absolute atomic E-state index is 0.0848. The van der Waals surface area contributed by atoms with E-state index in [0.29, 0.717) is 61.3 Å². The molecule has 1 aliphatic rings. The second kappa shape index (κ2) is 16.6. The first-order valence-electron chi connectivity index (χ1n) is 16.3. The molecule has 1 aliphatic heterocycles. The van der Waals surface area contributed by atoms with E-state index in [2.05, 4.69) is 27.6 Å². The number of hydrogen-bond donors (Lipinski definition) is 0. The summed E-state index contributed by atoms with van der Waals surface area (Å²) in [5.74, 6) is 1.12. The number of benzene rings is 3. The largest absolute Gasteiger partial charge is 0.493 e. The smallest absolute Gasteiger partial charge is 0.338 e. The minimum atomic E-state index is -0.818. The minimum Gasteiger partial charge on any atom is -0.493 e. The third kappa shape index (κ3) is 8.30. The van der Waals surface area contributed by atoms with Gasteiger partial charge >= 0.3 is 11.9 Å². The number of esters is 2. The van der Waals surface area contributed by atoms with Crippen molar-refractivity contribution < 1.29 is 38.0 Å². The molecule has 11 nitrogen and oxygen atoms in total. The standard InChI is InChI=1S/C38H39IN2O9S/c1-8-47-36(43)25-12-10-23(11-13-25)20-49-34-27(39)16-24(17-30(34)46-7)18-31-35(42)41-33(26-14-15-28(50-21(3)4)29(19-26)45-6)32(37(44)48-9-2)22(5)40-38(41)51-31/h10-19,21,33H,8-9,20H2,1-7H3/b31-18+/t33-/m1/s1. The van der Waals surface area contributed by atoms with E-state index in [1.165, 1.54) is 15.9 Å². The van der Waals surface area contributed by atoms with Crippen molar-refractivity contribution in [3.8, 4) is 23.0 Å². The third-order valence-corrected chi connectivity index (χ3v) is 9.57. The molecule has 51 heavy (non-hydrogen) atoms. The number of ether oxygens (including phenoxy) is 6. The molecule has 0 unspecified atom stereocenters. The summed E-state index contributed by atoms with van der Waals surface area (Å²) in [5.41, 5.74) is 3.08. The van der Waals surface area contributed by atoms with Crippen LogP contribution in [0.4, 0.5) is 0 Å². The van der Waals surface area contributed by atoms with Crippen molar-refractivity contribution in [3.63, 3.8) is 0 Å². The number of allylic oxidation sites excluding steroid dienone is 1. The van der Waals surface area contributed by atoms with Crippen molar-refractivity contribution in [1.82, 2.24) is 4.57 Å². The van der Waals surface area contributed by atoms with Gasteiger partial charge in [0.15, 0.2) is 27.8 Å². The fourth-order valence-electron chi connectivity index (χ4n) is 5.53. The van der Waals surface area contributed by atoms with Gasteiger partial charge in [0.2, 0.25) is 0 Å². The Labute approximate surface area is 313 Å². The van der Waals surface area contributed by atoms with E-state index in [4.69, 9.17) is 28.4 Å². The monoisotopic (exact) mass is 826 g/mol. The maximum Gasteiger partial charge on any atom is 0.338 e. The number of carbonyl (C=O) groups excluding carboxylic acids is 2. The molecule has 0 saturated carbocycles. The molecule has 0 spiro atoms. The van der Waals surface area contributed by atoms with E-state index in [1.807, 2.05) is 38.1 Å². The molecule has 1 aromatic heterocycles. The molecule has 0 aliphatic carbocycles. The number of hydrogen-bond acceptors (Lipinski definition) is 11. The molecule has 268 valence electrons. The Kier molecular flexibility index (Phi) is 12.2. The van der Waals surface area contributed by atoms with Gasteiger partial charge in [-0.15, -0.1) is 0 Å². The molecule has 0 N–H and O–H groups in total. The molecule has 0 fully saturated rings. The van der Waals surface area contributed by atoms with Crippen LogP contribution in [0.2, 0.25) is 0 Å². The number of halogens is 1. The van der Waals surface area contributed by atoms with Crippen LogP contribution in [-0.2, 0) is 20.9 Å². The summed E-state index contributed by atoms with van der Waals surface area (Å²) in [5, 5.41) is 0. The normalized spacial score (nSPS) is 14.1. The number of carbonyl (C=O) groups is 2. The maximum atomic E-state index is 14.2. The average molecular weight is 827 g/mol. The van der Waals surface area contributed by atoms with Gasteiger partial charge in [-0.3, -0.25) is 9.36 Å². The van der Waals surface area contributed by atoms with Gasteiger partial charge in [-0.25, -0.2) is 14.6 Å². The van der Waals surface area contributed by atoms with Gasteiger partial charge in [-0.2, -0.15) is 0 Å². The SMILES string of the molecule is CCOC(=O)C1=C(C)N=c2s/c(=C/c3cc(I)c(OCc4ccc(C(=O)OCC)cc4)c(OC)c3)c(=O)n2[C@@H]1c1ccc(OC(C)C)c(OC)c1. The lowest BCUT2D eigenvalue weighted by atomic mass is 9.95. The number of methoxy groups -OCH3 is 2. The summed E-state index contributed by atoms with van der Waals surface area (Å²) in [7, 11) is 3.09. The Morgan fingerprint density at radius 2 is 1.63 bits per heavy atom. The molecule has 13 heteroatoms. The molecule has 0 radical (unpaired) electrons. The summed E-state index contributed by atoms with van der Waals surface area (Å²) >= 11 is 3.39. The molecule has 0 amide bonds. The molecule has 0 bridgehead atoms. The highest BCUT2D eigenvalue weighted by Crippen LogP contribution is 2.37. The van der Waals surface area contributed by atoms with E-state index in [-0.39, 0.29) is 36.4 Å². The molecule has 1 atom stereocenters. The van der Waals surface area contributed by atoms with Crippen LogP contribution in [0, 0.1) is 3.57 Å². The maximum absolute atomic E-state index is 14.2. The summed E-state index contributed by atoms with van der Waals surface area (Å²) < 4.78 is 36.6. The number of thiazole rings is 1. The highest BCUT2D eigenvalue weighted by Gasteiger charge is 2.34. The zero-order valence-corrected chi connectivity index (χ0v) is 32.4. The number of aromatic nitrogens is 1. The molecule has 3 aromatic carbocycles. The fraction of sp³-hybridized carbons (Fsp3) is 0.316. The van der Waals surface area contributed by atoms with E-state index in [0.717, 1.165) is 9.13 Å². The zero-order valence-electron chi connectivity index (χ0n) is 29.4. The summed E-state index contributed by atoms with van der Waals surface area (Å²) in [4.78, 5) is 44.7. The first-order chi connectivity index (χ1) is 24.5. The van der Waals surface area contributed by atoms with Gasteiger partial charge in [-0.1, -0.05) is 29.5 Å². The van der Waals surface area contributed by atoms with E-state index in [9.17, 15) is 14.4 Å². The first-order valence-corrected chi connectivity index (χ1v) is 18.2. The van der Waals surface area contributed by atoms with E-state index in [1.54, 1.807) is 71.4 Å². The lowest BCUT2D eigenvalue weighted by Gasteiger charge is -2.25. The Morgan fingerprint density at radius 3 is 2.27 bits per heavy atom. The average Bonchev–Trinajstić information content (AvgIpc) is 3.40. The Hall–Kier alpha value is -4.63. The van der Waals surface area contributed by atoms with Gasteiger partial charge in [0.25, 0.3) is 5.56 Å². The van der Waals surface area contributed by atoms with Crippen LogP contribution in [0.15, 0.2) is 75.7 Å². The van der Waals surface area contributed by atoms with Gasteiger partial charge in [0, 0.05) is 0 Å². The van der Waals surface area contributed by atoms with Crippen LogP contribution in [0.5, 0.6) is 23.0 Å². The van der Waals surface area contributed by atoms with Crippen LogP contribution in [0.1, 0.15) is 67.7 Å². The first kappa shape index (κ1) is 37.6. The number of fused-ring (bicyclic) bond motifs is 1. The summed E-state index contributed by atoms with van der Waals surface area (Å²) in [6, 6.07) is 15.3. The van der Waals surface area contributed by atoms with Crippen LogP contribution in [0.25, 0.3) is 6.08 Å². The Bertz CT molecular complexity index is 2150. The highest BCUT2D eigenvalue weighted by molar-refractivity contribution is 14.1. The van der Waals surface area contributed by atoms with E-state index >= 15 is 0 Å². The number of rotatable bonds is 13. The van der Waals surface area contributed by atoms with Gasteiger partial charge in [0.1, 0.15) is 6.61 Å². The summed E-state index contributed by atoms with van der Waals surface area (Å²) in [6.45, 7) is 9.79. The topological polar surface area (TPSA) is 124 Å². The Morgan fingerprint density at radius 1 is 0.941 bits per heavy atom. The second-order valence-corrected chi connectivity index (χ2v) is 13.8. The van der Waals surface area contributed by atoms with Gasteiger partial charge < -0.3 is 28.4 Å². The van der Waals surface area contributed by atoms with E-state index < -0.39 is 12.0 Å². The van der Waals surface area contributed by atoms with Crippen LogP contribution in [0.3, 0.4) is 0 Å². The van der Waals surface area contributed by atoms with Crippen LogP contribution < -0.4 is 33.8 Å². The predicted octanol–water partition coefficient (Wildman–Crippen LogP) is 5.96. The molecular formula is C38H39IN2O9S. The van der Waals surface area contributed by atoms with Crippen molar-refractivity contribution in [2.75, 3.05) is 27.4 Å². The molecule has 0 saturated heterocycles. The zero-order chi connectivity index (χ0) is 36.8. The fourth-order valence-corrected chi connectivity index (χ4v) is 7.36. The number of nitrogens with zero attached hydrogens (tertiary/aromatic N) is 2. The molecule has 2 heterocycles. The van der Waals surface area contributed by atoms with Gasteiger partial charge in [-0.05, 0) is 116 Å². The van der Waals surface area contributed by atoms with Crippen LogP contribution >= 0.6 is 33.9 Å².